The van der Waals surface area contributed by atoms with Crippen molar-refractivity contribution in [3.63, 3.8) is 0 Å². The standard InChI is InChI=1S/C39H34Cl2P2.Ni/c40-39(41,31-42(33-19-7-1-8-20-33,34-21-9-2-10-22-34)35-23-11-3-12-24-35)32-43(36-25-13-4-14-26-36,37-27-15-5-16-28-37)38-29-17-6-18-30-38;/h1-30H,31-32H2;/q2*+2. The fourth-order valence-electron chi connectivity index (χ4n) is 6.28. The molecule has 220 valence electrons. The first-order chi connectivity index (χ1) is 21.0. The minimum atomic E-state index is -2.28. The molecule has 0 radical (unpaired) electrons. The van der Waals surface area contributed by atoms with Gasteiger partial charge in [0.1, 0.15) is 58.7 Å². The summed E-state index contributed by atoms with van der Waals surface area (Å²) in [6.07, 6.45) is 1.21. The summed E-state index contributed by atoms with van der Waals surface area (Å²) in [5.74, 6) is 0. The Labute approximate surface area is 283 Å². The Balaban J connectivity index is 0.00000384. The number of alkyl halides is 2. The predicted octanol–water partition coefficient (Wildman–Crippen LogP) is 8.15. The normalized spacial score (nSPS) is 11.9. The molecule has 0 saturated carbocycles. The summed E-state index contributed by atoms with van der Waals surface area (Å²) in [7, 11) is -4.56. The van der Waals surface area contributed by atoms with Gasteiger partial charge in [-0.05, 0) is 72.8 Å². The molecule has 0 aliphatic rings. The van der Waals surface area contributed by atoms with Gasteiger partial charge in [-0.1, -0.05) is 132 Å². The van der Waals surface area contributed by atoms with Gasteiger partial charge in [-0.3, -0.25) is 0 Å². The van der Waals surface area contributed by atoms with Gasteiger partial charge in [0.05, 0.1) is 0 Å². The average Bonchev–Trinajstić information content (AvgIpc) is 3.08. The van der Waals surface area contributed by atoms with Gasteiger partial charge in [0.15, 0.2) is 4.33 Å². The summed E-state index contributed by atoms with van der Waals surface area (Å²) in [5.41, 5.74) is 0. The Morgan fingerprint density at radius 2 is 0.477 bits per heavy atom. The van der Waals surface area contributed by atoms with E-state index in [9.17, 15) is 0 Å². The van der Waals surface area contributed by atoms with E-state index in [1.165, 1.54) is 31.8 Å². The van der Waals surface area contributed by atoms with E-state index in [-0.39, 0.29) is 16.5 Å². The first kappa shape index (κ1) is 32.6. The van der Waals surface area contributed by atoms with Crippen molar-refractivity contribution in [2.75, 3.05) is 12.3 Å². The molecule has 0 fully saturated rings. The monoisotopic (exact) mass is 692 g/mol. The first-order valence-corrected chi connectivity index (χ1v) is 19.2. The maximum Gasteiger partial charge on any atom is 2.00 e. The van der Waals surface area contributed by atoms with Crippen molar-refractivity contribution in [1.82, 2.24) is 0 Å². The van der Waals surface area contributed by atoms with Crippen LogP contribution in [-0.4, -0.2) is 16.7 Å². The second-order valence-electron chi connectivity index (χ2n) is 10.8. The third kappa shape index (κ3) is 6.61. The zero-order valence-electron chi connectivity index (χ0n) is 24.2. The molecular weight excluding hydrogens is 660 g/mol. The first-order valence-electron chi connectivity index (χ1n) is 14.5. The quantitative estimate of drug-likeness (QED) is 0.0772. The van der Waals surface area contributed by atoms with E-state index in [4.69, 9.17) is 23.2 Å². The Morgan fingerprint density at radius 3 is 0.636 bits per heavy atom. The molecular formula is C39H34Cl2NiP2+4. The van der Waals surface area contributed by atoms with Crippen molar-refractivity contribution < 1.29 is 16.5 Å². The maximum atomic E-state index is 7.83. The number of rotatable bonds is 10. The van der Waals surface area contributed by atoms with E-state index in [2.05, 4.69) is 182 Å². The fourth-order valence-corrected chi connectivity index (χ4v) is 17.2. The third-order valence-electron chi connectivity index (χ3n) is 8.12. The smallest absolute Gasteiger partial charge is 0.0934 e. The van der Waals surface area contributed by atoms with Crippen molar-refractivity contribution in [1.29, 1.82) is 0 Å². The van der Waals surface area contributed by atoms with Crippen molar-refractivity contribution in [2.24, 2.45) is 0 Å². The molecule has 0 N–H and O–H groups in total. The van der Waals surface area contributed by atoms with Crippen LogP contribution >= 0.6 is 37.7 Å². The molecule has 0 nitrogen and oxygen atoms in total. The van der Waals surface area contributed by atoms with Crippen LogP contribution < -0.4 is 31.8 Å². The predicted molar refractivity (Wildman–Crippen MR) is 194 cm³/mol. The van der Waals surface area contributed by atoms with Gasteiger partial charge in [0.2, 0.25) is 0 Å². The summed E-state index contributed by atoms with van der Waals surface area (Å²) < 4.78 is -1.06. The summed E-state index contributed by atoms with van der Waals surface area (Å²) in [6.45, 7) is 0. The van der Waals surface area contributed by atoms with Crippen LogP contribution in [0.2, 0.25) is 0 Å². The molecule has 44 heavy (non-hydrogen) atoms. The van der Waals surface area contributed by atoms with Crippen LogP contribution in [0.15, 0.2) is 182 Å². The zero-order valence-corrected chi connectivity index (χ0v) is 28.5. The van der Waals surface area contributed by atoms with Gasteiger partial charge in [-0.15, -0.1) is 0 Å². The SMILES string of the molecule is ClC(Cl)(C[P+](c1ccccc1)(c1ccccc1)c1ccccc1)C[P+](c1ccccc1)(c1ccccc1)c1ccccc1.[Ni+2]. The largest absolute Gasteiger partial charge is 2.00 e. The van der Waals surface area contributed by atoms with Crippen LogP contribution in [0.25, 0.3) is 0 Å². The molecule has 0 bridgehead atoms. The van der Waals surface area contributed by atoms with E-state index in [0.717, 1.165) is 0 Å². The molecule has 0 aliphatic heterocycles. The summed E-state index contributed by atoms with van der Waals surface area (Å²) in [6, 6.07) is 65.2. The van der Waals surface area contributed by atoms with Gasteiger partial charge in [-0.2, -0.15) is 0 Å². The second-order valence-corrected chi connectivity index (χ2v) is 19.4. The Hall–Kier alpha value is -2.75. The molecule has 0 heterocycles. The van der Waals surface area contributed by atoms with Crippen molar-refractivity contribution in [3.05, 3.63) is 182 Å². The molecule has 5 heteroatoms. The number of benzene rings is 6. The van der Waals surface area contributed by atoms with Crippen molar-refractivity contribution in [2.45, 2.75) is 4.33 Å². The molecule has 0 amide bonds. The minimum Gasteiger partial charge on any atom is -0.0934 e. The molecule has 6 aromatic carbocycles. The molecule has 0 aromatic heterocycles. The molecule has 0 atom stereocenters. The van der Waals surface area contributed by atoms with E-state index in [1.807, 2.05) is 0 Å². The molecule has 0 aliphatic carbocycles. The van der Waals surface area contributed by atoms with Gasteiger partial charge in [-0.25, -0.2) is 0 Å². The average molecular weight is 694 g/mol. The topological polar surface area (TPSA) is 0 Å². The summed E-state index contributed by atoms with van der Waals surface area (Å²) in [5, 5.41) is 7.67. The Bertz CT molecular complexity index is 1390. The zero-order chi connectivity index (χ0) is 29.6. The van der Waals surface area contributed by atoms with E-state index in [0.29, 0.717) is 12.3 Å². The molecule has 0 saturated heterocycles. The van der Waals surface area contributed by atoms with Crippen molar-refractivity contribution >= 4 is 69.6 Å². The molecule has 0 unspecified atom stereocenters. The van der Waals surface area contributed by atoms with Gasteiger partial charge < -0.3 is 0 Å². The van der Waals surface area contributed by atoms with E-state index >= 15 is 0 Å². The second kappa shape index (κ2) is 14.6. The number of halogens is 2. The van der Waals surface area contributed by atoms with Crippen LogP contribution in [-0.2, 0) is 16.5 Å². The van der Waals surface area contributed by atoms with E-state index < -0.39 is 18.9 Å². The van der Waals surface area contributed by atoms with Gasteiger partial charge in [0, 0.05) is 0 Å². The van der Waals surface area contributed by atoms with Crippen molar-refractivity contribution in [3.8, 4) is 0 Å². The van der Waals surface area contributed by atoms with Crippen LogP contribution in [0, 0.1) is 0 Å². The Morgan fingerprint density at radius 1 is 0.318 bits per heavy atom. The summed E-state index contributed by atoms with van der Waals surface area (Å²) >= 11 is 15.7. The molecule has 6 rings (SSSR count). The molecule has 6 aromatic rings. The number of hydrogen-bond donors (Lipinski definition) is 0. The summed E-state index contributed by atoms with van der Waals surface area (Å²) in [4.78, 5) is 0. The maximum absolute atomic E-state index is 7.83. The fraction of sp³-hybridized carbons (Fsp3) is 0.0769. The van der Waals surface area contributed by atoms with Crippen LogP contribution in [0.5, 0.6) is 0 Å². The van der Waals surface area contributed by atoms with Gasteiger partial charge >= 0.3 is 16.5 Å². The van der Waals surface area contributed by atoms with Crippen LogP contribution in [0.3, 0.4) is 0 Å². The third-order valence-corrected chi connectivity index (χ3v) is 18.5. The van der Waals surface area contributed by atoms with Crippen LogP contribution in [0.1, 0.15) is 0 Å². The van der Waals surface area contributed by atoms with Crippen LogP contribution in [0.4, 0.5) is 0 Å². The minimum absolute atomic E-state index is 0. The molecule has 0 spiro atoms. The van der Waals surface area contributed by atoms with E-state index in [1.54, 1.807) is 0 Å². The number of hydrogen-bond acceptors (Lipinski definition) is 0. The Kier molecular flexibility index (Phi) is 10.8. The van der Waals surface area contributed by atoms with Gasteiger partial charge in [0.25, 0.3) is 0 Å².